The second-order valence-electron chi connectivity index (χ2n) is 4.38. The van der Waals surface area contributed by atoms with Crippen molar-refractivity contribution in [2.75, 3.05) is 33.0 Å². The molecule has 90 valence electrons. The average Bonchev–Trinajstić information content (AvgIpc) is 2.31. The highest BCUT2D eigenvalue weighted by atomic mass is 16.5. The lowest BCUT2D eigenvalue weighted by Crippen LogP contribution is -2.57. The van der Waals surface area contributed by atoms with Crippen LogP contribution in [0, 0.1) is 0 Å². The van der Waals surface area contributed by atoms with Crippen molar-refractivity contribution < 1.29 is 4.74 Å². The molecule has 0 bridgehead atoms. The van der Waals surface area contributed by atoms with Gasteiger partial charge in [-0.3, -0.25) is 9.80 Å². The minimum atomic E-state index is 0.699. The molecule has 2 aliphatic heterocycles. The molecule has 3 heteroatoms. The molecule has 0 spiro atoms. The maximum Gasteiger partial charge on any atom is 0.0993 e. The third-order valence-electron chi connectivity index (χ3n) is 3.22. The van der Waals surface area contributed by atoms with Crippen LogP contribution in [0.15, 0.2) is 0 Å². The molecule has 2 saturated heterocycles. The van der Waals surface area contributed by atoms with Gasteiger partial charge < -0.3 is 4.74 Å². The van der Waals surface area contributed by atoms with E-state index in [2.05, 4.69) is 23.6 Å². The van der Waals surface area contributed by atoms with Crippen molar-refractivity contribution >= 4 is 0 Å². The maximum absolute atomic E-state index is 5.44. The van der Waals surface area contributed by atoms with Gasteiger partial charge in [-0.1, -0.05) is 13.8 Å². The SMILES string of the molecule is CC.CC(C)N1CCN2COCCC2C1. The summed E-state index contributed by atoms with van der Waals surface area (Å²) in [6.07, 6.45) is 1.21. The van der Waals surface area contributed by atoms with Crippen LogP contribution in [0.1, 0.15) is 34.1 Å². The summed E-state index contributed by atoms with van der Waals surface area (Å²) in [6, 6.07) is 1.45. The summed E-state index contributed by atoms with van der Waals surface area (Å²) in [5.74, 6) is 0. The zero-order valence-corrected chi connectivity index (χ0v) is 10.7. The van der Waals surface area contributed by atoms with Crippen molar-refractivity contribution in [3.8, 4) is 0 Å². The smallest absolute Gasteiger partial charge is 0.0993 e. The highest BCUT2D eigenvalue weighted by molar-refractivity contribution is 4.83. The van der Waals surface area contributed by atoms with Gasteiger partial charge in [-0.05, 0) is 20.3 Å². The van der Waals surface area contributed by atoms with E-state index >= 15 is 0 Å². The van der Waals surface area contributed by atoms with Crippen LogP contribution in [-0.2, 0) is 4.74 Å². The Morgan fingerprint density at radius 2 is 1.93 bits per heavy atom. The maximum atomic E-state index is 5.44. The van der Waals surface area contributed by atoms with Crippen molar-refractivity contribution in [3.05, 3.63) is 0 Å². The fraction of sp³-hybridized carbons (Fsp3) is 1.00. The molecule has 0 aliphatic carbocycles. The van der Waals surface area contributed by atoms with E-state index in [1.165, 1.54) is 26.1 Å². The van der Waals surface area contributed by atoms with Crippen molar-refractivity contribution in [1.29, 1.82) is 0 Å². The van der Waals surface area contributed by atoms with Gasteiger partial charge in [0.1, 0.15) is 0 Å². The first-order valence-electron chi connectivity index (χ1n) is 6.33. The quantitative estimate of drug-likeness (QED) is 0.662. The highest BCUT2D eigenvalue weighted by Crippen LogP contribution is 2.18. The summed E-state index contributed by atoms with van der Waals surface area (Å²) in [4.78, 5) is 5.05. The lowest BCUT2D eigenvalue weighted by Gasteiger charge is -2.45. The summed E-state index contributed by atoms with van der Waals surface area (Å²) >= 11 is 0. The van der Waals surface area contributed by atoms with Crippen molar-refractivity contribution in [2.24, 2.45) is 0 Å². The van der Waals surface area contributed by atoms with Crippen LogP contribution in [0.3, 0.4) is 0 Å². The molecular formula is C12H26N2O. The first kappa shape index (κ1) is 12.9. The highest BCUT2D eigenvalue weighted by Gasteiger charge is 2.29. The number of ether oxygens (including phenoxy) is 1. The van der Waals surface area contributed by atoms with E-state index in [1.807, 2.05) is 13.8 Å². The molecule has 2 heterocycles. The molecule has 3 nitrogen and oxygen atoms in total. The van der Waals surface area contributed by atoms with Gasteiger partial charge in [0.25, 0.3) is 0 Å². The molecule has 0 N–H and O–H groups in total. The lowest BCUT2D eigenvalue weighted by molar-refractivity contribution is -0.0813. The monoisotopic (exact) mass is 214 g/mol. The minimum absolute atomic E-state index is 0.699. The van der Waals surface area contributed by atoms with Gasteiger partial charge in [0.2, 0.25) is 0 Å². The molecule has 0 aromatic heterocycles. The molecule has 2 fully saturated rings. The van der Waals surface area contributed by atoms with Gasteiger partial charge in [-0.25, -0.2) is 0 Å². The van der Waals surface area contributed by atoms with Gasteiger partial charge in [-0.2, -0.15) is 0 Å². The first-order valence-corrected chi connectivity index (χ1v) is 6.33. The Morgan fingerprint density at radius 3 is 2.60 bits per heavy atom. The van der Waals surface area contributed by atoms with Gasteiger partial charge in [-0.15, -0.1) is 0 Å². The van der Waals surface area contributed by atoms with E-state index in [9.17, 15) is 0 Å². The number of nitrogens with zero attached hydrogens (tertiary/aromatic N) is 2. The van der Waals surface area contributed by atoms with E-state index in [0.717, 1.165) is 19.4 Å². The molecule has 1 unspecified atom stereocenters. The number of hydrogen-bond donors (Lipinski definition) is 0. The van der Waals surface area contributed by atoms with E-state index in [-0.39, 0.29) is 0 Å². The Balaban J connectivity index is 0.000000531. The Labute approximate surface area is 94.4 Å². The van der Waals surface area contributed by atoms with Crippen molar-refractivity contribution in [2.45, 2.75) is 46.2 Å². The second-order valence-corrected chi connectivity index (χ2v) is 4.38. The van der Waals surface area contributed by atoms with Gasteiger partial charge >= 0.3 is 0 Å². The van der Waals surface area contributed by atoms with Gasteiger partial charge in [0, 0.05) is 38.3 Å². The van der Waals surface area contributed by atoms with Crippen LogP contribution in [0.5, 0.6) is 0 Å². The van der Waals surface area contributed by atoms with E-state index in [0.29, 0.717) is 6.04 Å². The first-order chi connectivity index (χ1) is 7.27. The summed E-state index contributed by atoms with van der Waals surface area (Å²) in [5.41, 5.74) is 0. The minimum Gasteiger partial charge on any atom is -0.366 e. The standard InChI is InChI=1S/C10H20N2O.C2H6/c1-9(2)11-4-5-12-8-13-6-3-10(12)7-11;1-2/h9-10H,3-8H2,1-2H3;1-2H3. The number of fused-ring (bicyclic) bond motifs is 1. The van der Waals surface area contributed by atoms with Crippen LogP contribution >= 0.6 is 0 Å². The van der Waals surface area contributed by atoms with Gasteiger partial charge in [0.05, 0.1) is 6.73 Å². The van der Waals surface area contributed by atoms with Crippen LogP contribution in [0.2, 0.25) is 0 Å². The summed E-state index contributed by atoms with van der Waals surface area (Å²) in [6.45, 7) is 14.0. The van der Waals surface area contributed by atoms with Crippen LogP contribution in [0.4, 0.5) is 0 Å². The lowest BCUT2D eigenvalue weighted by atomic mass is 10.1. The van der Waals surface area contributed by atoms with Gasteiger partial charge in [0.15, 0.2) is 0 Å². The van der Waals surface area contributed by atoms with Crippen molar-refractivity contribution in [3.63, 3.8) is 0 Å². The third kappa shape index (κ3) is 3.44. The average molecular weight is 214 g/mol. The number of hydrogen-bond acceptors (Lipinski definition) is 3. The van der Waals surface area contributed by atoms with Crippen LogP contribution < -0.4 is 0 Å². The molecule has 0 saturated carbocycles. The normalized spacial score (nSPS) is 28.2. The fourth-order valence-corrected chi connectivity index (χ4v) is 2.23. The second kappa shape index (κ2) is 6.46. The fourth-order valence-electron chi connectivity index (χ4n) is 2.23. The molecule has 0 radical (unpaired) electrons. The Morgan fingerprint density at radius 1 is 1.20 bits per heavy atom. The Hall–Kier alpha value is -0.120. The molecule has 0 amide bonds. The molecule has 0 aromatic rings. The molecular weight excluding hydrogens is 188 g/mol. The largest absolute Gasteiger partial charge is 0.366 e. The molecule has 1 atom stereocenters. The molecule has 2 rings (SSSR count). The van der Waals surface area contributed by atoms with Crippen LogP contribution in [-0.4, -0.2) is 54.9 Å². The van der Waals surface area contributed by atoms with E-state index < -0.39 is 0 Å². The van der Waals surface area contributed by atoms with E-state index in [4.69, 9.17) is 4.74 Å². The molecule has 0 aromatic carbocycles. The van der Waals surface area contributed by atoms with E-state index in [1.54, 1.807) is 0 Å². The number of piperazine rings is 1. The summed E-state index contributed by atoms with van der Waals surface area (Å²) < 4.78 is 5.44. The number of rotatable bonds is 1. The summed E-state index contributed by atoms with van der Waals surface area (Å²) in [5, 5.41) is 0. The molecule has 2 aliphatic rings. The molecule has 15 heavy (non-hydrogen) atoms. The Kier molecular flexibility index (Phi) is 5.58. The third-order valence-corrected chi connectivity index (χ3v) is 3.22. The topological polar surface area (TPSA) is 15.7 Å². The predicted octanol–water partition coefficient (Wildman–Crippen LogP) is 1.78. The Bertz CT molecular complexity index is 173. The van der Waals surface area contributed by atoms with Crippen molar-refractivity contribution in [1.82, 2.24) is 9.80 Å². The zero-order chi connectivity index (χ0) is 11.3. The summed E-state index contributed by atoms with van der Waals surface area (Å²) in [7, 11) is 0. The zero-order valence-electron chi connectivity index (χ0n) is 10.7. The predicted molar refractivity (Wildman–Crippen MR) is 64.0 cm³/mol. The van der Waals surface area contributed by atoms with Crippen LogP contribution in [0.25, 0.3) is 0 Å².